The Labute approximate surface area is 143 Å². The molecule has 134 valence electrons. The highest BCUT2D eigenvalue weighted by atomic mass is 16.6. The Hall–Kier alpha value is -1.54. The highest BCUT2D eigenvalue weighted by Gasteiger charge is 2.19. The largest absolute Gasteiger partial charge is 0.390 e. The highest BCUT2D eigenvalue weighted by molar-refractivity contribution is 5.32. The molecule has 7 nitrogen and oxygen atoms in total. The van der Waals surface area contributed by atoms with Crippen molar-refractivity contribution in [2.75, 3.05) is 39.4 Å². The van der Waals surface area contributed by atoms with E-state index in [4.69, 9.17) is 4.74 Å². The number of nitro benzene ring substituents is 1. The first-order valence-corrected chi connectivity index (χ1v) is 8.41. The molecule has 0 radical (unpaired) electrons. The number of aliphatic hydroxyl groups is 1. The van der Waals surface area contributed by atoms with Gasteiger partial charge in [-0.2, -0.15) is 0 Å². The Balaban J connectivity index is 1.89. The molecule has 7 heteroatoms. The molecule has 0 aromatic heterocycles. The van der Waals surface area contributed by atoms with Crippen LogP contribution in [0.5, 0.6) is 0 Å². The van der Waals surface area contributed by atoms with Crippen LogP contribution in [0.3, 0.4) is 0 Å². The van der Waals surface area contributed by atoms with Crippen molar-refractivity contribution in [3.05, 3.63) is 39.9 Å². The molecule has 0 spiro atoms. The second kappa shape index (κ2) is 9.08. The summed E-state index contributed by atoms with van der Waals surface area (Å²) >= 11 is 0. The molecule has 1 aromatic rings. The van der Waals surface area contributed by atoms with Crippen molar-refractivity contribution in [3.63, 3.8) is 0 Å². The number of β-amino-alcohol motifs (C(OH)–C–C–N with tert-alkyl or cyclic N) is 1. The van der Waals surface area contributed by atoms with E-state index < -0.39 is 11.0 Å². The highest BCUT2D eigenvalue weighted by Crippen LogP contribution is 2.15. The zero-order valence-electron chi connectivity index (χ0n) is 14.4. The SMILES string of the molecule is CC(C)N(Cc1ccc([N+](=O)[O-])cc1)CC(O)CN1CCOCC1. The predicted octanol–water partition coefficient (Wildman–Crippen LogP) is 1.50. The summed E-state index contributed by atoms with van der Waals surface area (Å²) in [5, 5.41) is 21.1. The average molecular weight is 337 g/mol. The van der Waals surface area contributed by atoms with Gasteiger partial charge >= 0.3 is 0 Å². The number of nitro groups is 1. The van der Waals surface area contributed by atoms with Crippen LogP contribution in [0.15, 0.2) is 24.3 Å². The maximum Gasteiger partial charge on any atom is 0.269 e. The Morgan fingerprint density at radius 3 is 2.46 bits per heavy atom. The van der Waals surface area contributed by atoms with E-state index in [1.807, 2.05) is 0 Å². The van der Waals surface area contributed by atoms with E-state index in [0.717, 1.165) is 31.9 Å². The molecule has 0 aliphatic carbocycles. The molecular weight excluding hydrogens is 310 g/mol. The van der Waals surface area contributed by atoms with Gasteiger partial charge in [0.1, 0.15) is 0 Å². The van der Waals surface area contributed by atoms with Crippen LogP contribution in [0.2, 0.25) is 0 Å². The first-order chi connectivity index (χ1) is 11.5. The lowest BCUT2D eigenvalue weighted by Gasteiger charge is -2.32. The molecule has 1 aromatic carbocycles. The van der Waals surface area contributed by atoms with Crippen LogP contribution in [0.25, 0.3) is 0 Å². The first-order valence-electron chi connectivity index (χ1n) is 8.41. The summed E-state index contributed by atoms with van der Waals surface area (Å²) in [6.07, 6.45) is -0.427. The van der Waals surface area contributed by atoms with Crippen LogP contribution in [-0.4, -0.2) is 71.4 Å². The maximum absolute atomic E-state index is 10.7. The third-order valence-corrected chi connectivity index (χ3v) is 4.28. The van der Waals surface area contributed by atoms with Crippen LogP contribution in [-0.2, 0) is 11.3 Å². The van der Waals surface area contributed by atoms with Gasteiger partial charge in [0.15, 0.2) is 0 Å². The fourth-order valence-electron chi connectivity index (χ4n) is 2.83. The molecule has 1 aliphatic rings. The van der Waals surface area contributed by atoms with Crippen molar-refractivity contribution in [2.45, 2.75) is 32.5 Å². The molecule has 0 amide bonds. The van der Waals surface area contributed by atoms with Crippen LogP contribution in [0, 0.1) is 10.1 Å². The van der Waals surface area contributed by atoms with Crippen LogP contribution in [0.1, 0.15) is 19.4 Å². The molecule has 1 heterocycles. The summed E-state index contributed by atoms with van der Waals surface area (Å²) in [6.45, 7) is 9.24. The van der Waals surface area contributed by atoms with Gasteiger partial charge in [-0.05, 0) is 19.4 Å². The Bertz CT molecular complexity index is 515. The zero-order valence-corrected chi connectivity index (χ0v) is 14.4. The molecule has 2 rings (SSSR count). The lowest BCUT2D eigenvalue weighted by molar-refractivity contribution is -0.384. The van der Waals surface area contributed by atoms with Crippen LogP contribution >= 0.6 is 0 Å². The van der Waals surface area contributed by atoms with Crippen molar-refractivity contribution in [3.8, 4) is 0 Å². The zero-order chi connectivity index (χ0) is 17.5. The van der Waals surface area contributed by atoms with E-state index in [2.05, 4.69) is 23.6 Å². The van der Waals surface area contributed by atoms with E-state index in [1.165, 1.54) is 12.1 Å². The topological polar surface area (TPSA) is 79.1 Å². The van der Waals surface area contributed by atoms with Crippen LogP contribution in [0.4, 0.5) is 5.69 Å². The van der Waals surface area contributed by atoms with Gasteiger partial charge in [-0.3, -0.25) is 19.9 Å². The number of hydrogen-bond donors (Lipinski definition) is 1. The number of hydrogen-bond acceptors (Lipinski definition) is 6. The summed E-state index contributed by atoms with van der Waals surface area (Å²) in [5.41, 5.74) is 1.11. The van der Waals surface area contributed by atoms with Gasteiger partial charge in [0.05, 0.1) is 24.2 Å². The number of morpholine rings is 1. The summed E-state index contributed by atoms with van der Waals surface area (Å²) in [4.78, 5) is 14.7. The number of benzene rings is 1. The van der Waals surface area contributed by atoms with Gasteiger partial charge in [-0.25, -0.2) is 0 Å². The molecule has 1 fully saturated rings. The third-order valence-electron chi connectivity index (χ3n) is 4.28. The summed E-state index contributed by atoms with van der Waals surface area (Å²) < 4.78 is 5.32. The maximum atomic E-state index is 10.7. The number of ether oxygens (including phenoxy) is 1. The summed E-state index contributed by atoms with van der Waals surface area (Å²) in [7, 11) is 0. The number of non-ortho nitro benzene ring substituents is 1. The Morgan fingerprint density at radius 2 is 1.92 bits per heavy atom. The van der Waals surface area contributed by atoms with Crippen molar-refractivity contribution < 1.29 is 14.8 Å². The molecule has 1 saturated heterocycles. The minimum atomic E-state index is -0.427. The van der Waals surface area contributed by atoms with E-state index in [-0.39, 0.29) is 11.7 Å². The van der Waals surface area contributed by atoms with Gasteiger partial charge in [-0.1, -0.05) is 12.1 Å². The fourth-order valence-corrected chi connectivity index (χ4v) is 2.83. The molecule has 1 atom stereocenters. The van der Waals surface area contributed by atoms with Gasteiger partial charge in [0.2, 0.25) is 0 Å². The number of nitrogens with zero attached hydrogens (tertiary/aromatic N) is 3. The Kier molecular flexibility index (Phi) is 7.11. The average Bonchev–Trinajstić information content (AvgIpc) is 2.55. The third kappa shape index (κ3) is 5.83. The molecule has 24 heavy (non-hydrogen) atoms. The fraction of sp³-hybridized carbons (Fsp3) is 0.647. The van der Waals surface area contributed by atoms with Gasteiger partial charge in [0.25, 0.3) is 5.69 Å². The van der Waals surface area contributed by atoms with Gasteiger partial charge in [-0.15, -0.1) is 0 Å². The smallest absolute Gasteiger partial charge is 0.269 e. The van der Waals surface area contributed by atoms with Crippen LogP contribution < -0.4 is 0 Å². The molecule has 1 N–H and O–H groups in total. The lowest BCUT2D eigenvalue weighted by Crippen LogP contribution is -2.45. The first kappa shape index (κ1) is 18.8. The second-order valence-electron chi connectivity index (χ2n) is 6.51. The number of aliphatic hydroxyl groups excluding tert-OH is 1. The predicted molar refractivity (Wildman–Crippen MR) is 91.9 cm³/mol. The normalized spacial score (nSPS) is 17.4. The standard InChI is InChI=1S/C17H27N3O4/c1-14(2)19(11-15-3-5-16(6-4-15)20(22)23)13-17(21)12-18-7-9-24-10-8-18/h3-6,14,17,21H,7-13H2,1-2H3. The summed E-state index contributed by atoms with van der Waals surface area (Å²) in [5.74, 6) is 0. The molecule has 1 aliphatic heterocycles. The summed E-state index contributed by atoms with van der Waals surface area (Å²) in [6, 6.07) is 6.89. The molecular formula is C17H27N3O4. The van der Waals surface area contributed by atoms with E-state index in [1.54, 1.807) is 12.1 Å². The monoisotopic (exact) mass is 337 g/mol. The minimum absolute atomic E-state index is 0.0993. The Morgan fingerprint density at radius 1 is 1.29 bits per heavy atom. The van der Waals surface area contributed by atoms with Gasteiger partial charge < -0.3 is 9.84 Å². The van der Waals surface area contributed by atoms with E-state index in [9.17, 15) is 15.2 Å². The van der Waals surface area contributed by atoms with Crippen molar-refractivity contribution >= 4 is 5.69 Å². The quantitative estimate of drug-likeness (QED) is 0.572. The van der Waals surface area contributed by atoms with Gasteiger partial charge in [0, 0.05) is 50.9 Å². The van der Waals surface area contributed by atoms with E-state index >= 15 is 0 Å². The van der Waals surface area contributed by atoms with Crippen molar-refractivity contribution in [2.24, 2.45) is 0 Å². The van der Waals surface area contributed by atoms with E-state index in [0.29, 0.717) is 19.6 Å². The van der Waals surface area contributed by atoms with Crippen molar-refractivity contribution in [1.82, 2.24) is 9.80 Å². The van der Waals surface area contributed by atoms with Crippen molar-refractivity contribution in [1.29, 1.82) is 0 Å². The molecule has 1 unspecified atom stereocenters. The molecule has 0 bridgehead atoms. The lowest BCUT2D eigenvalue weighted by atomic mass is 10.1. The molecule has 0 saturated carbocycles. The minimum Gasteiger partial charge on any atom is -0.390 e. The number of rotatable bonds is 8. The second-order valence-corrected chi connectivity index (χ2v) is 6.51.